The molecular weight excluding hydrogens is 188 g/mol. The Morgan fingerprint density at radius 3 is 2.27 bits per heavy atom. The summed E-state index contributed by atoms with van der Waals surface area (Å²) in [6.07, 6.45) is 3.38. The van der Waals surface area contributed by atoms with Crippen LogP contribution in [0.5, 0.6) is 0 Å². The minimum absolute atomic E-state index is 0.538. The van der Waals surface area contributed by atoms with Crippen LogP contribution < -0.4 is 5.73 Å². The Morgan fingerprint density at radius 2 is 1.73 bits per heavy atom. The third-order valence-electron chi connectivity index (χ3n) is 1.69. The molecule has 15 heavy (non-hydrogen) atoms. The summed E-state index contributed by atoms with van der Waals surface area (Å²) in [6, 6.07) is 1.91. The van der Waals surface area contributed by atoms with E-state index in [4.69, 9.17) is 5.73 Å². The minimum atomic E-state index is 0.538. The molecule has 2 N–H and O–H groups in total. The van der Waals surface area contributed by atoms with Gasteiger partial charge < -0.3 is 10.3 Å². The number of aromatic nitrogens is 3. The molecule has 2 rings (SSSR count). The SMILES string of the molecule is CC.CC.Cn1ccc2c(N)ncnc21. The van der Waals surface area contributed by atoms with Crippen molar-refractivity contribution in [3.05, 3.63) is 18.6 Å². The zero-order chi connectivity index (χ0) is 11.8. The molecule has 0 unspecified atom stereocenters. The molecule has 84 valence electrons. The Morgan fingerprint density at radius 1 is 1.13 bits per heavy atom. The number of nitrogen functional groups attached to an aromatic ring is 1. The monoisotopic (exact) mass is 208 g/mol. The molecule has 0 aliphatic carbocycles. The summed E-state index contributed by atoms with van der Waals surface area (Å²) in [5.74, 6) is 0.538. The van der Waals surface area contributed by atoms with Crippen LogP contribution in [0.2, 0.25) is 0 Å². The first-order chi connectivity index (χ1) is 7.29. The fourth-order valence-electron chi connectivity index (χ4n) is 1.10. The van der Waals surface area contributed by atoms with Crippen molar-refractivity contribution in [3.63, 3.8) is 0 Å². The van der Waals surface area contributed by atoms with Gasteiger partial charge in [0.05, 0.1) is 5.39 Å². The number of fused-ring (bicyclic) bond motifs is 1. The summed E-state index contributed by atoms with van der Waals surface area (Å²) in [4.78, 5) is 7.95. The van der Waals surface area contributed by atoms with E-state index in [1.54, 1.807) is 0 Å². The van der Waals surface area contributed by atoms with Crippen LogP contribution in [0.1, 0.15) is 27.7 Å². The molecule has 0 saturated heterocycles. The molecule has 0 saturated carbocycles. The van der Waals surface area contributed by atoms with Gasteiger partial charge in [0.2, 0.25) is 0 Å². The molecule has 0 fully saturated rings. The normalized spacial score (nSPS) is 8.60. The number of hydrogen-bond donors (Lipinski definition) is 1. The Bertz CT molecular complexity index is 392. The lowest BCUT2D eigenvalue weighted by atomic mass is 10.4. The van der Waals surface area contributed by atoms with Crippen molar-refractivity contribution in [1.29, 1.82) is 0 Å². The van der Waals surface area contributed by atoms with Gasteiger partial charge in [-0.25, -0.2) is 9.97 Å². The molecule has 0 atom stereocenters. The molecule has 2 aromatic rings. The first-order valence-electron chi connectivity index (χ1n) is 5.30. The molecule has 0 spiro atoms. The summed E-state index contributed by atoms with van der Waals surface area (Å²) in [7, 11) is 1.93. The van der Waals surface area contributed by atoms with Crippen molar-refractivity contribution in [2.24, 2.45) is 7.05 Å². The summed E-state index contributed by atoms with van der Waals surface area (Å²) in [5, 5.41) is 0.912. The highest BCUT2D eigenvalue weighted by molar-refractivity contribution is 5.85. The van der Waals surface area contributed by atoms with Gasteiger partial charge in [-0.1, -0.05) is 27.7 Å². The van der Waals surface area contributed by atoms with Crippen LogP contribution in [-0.2, 0) is 7.05 Å². The lowest BCUT2D eigenvalue weighted by Gasteiger charge is -1.94. The summed E-state index contributed by atoms with van der Waals surface area (Å²) < 4.78 is 1.91. The third kappa shape index (κ3) is 2.94. The number of nitrogens with zero attached hydrogens (tertiary/aromatic N) is 3. The van der Waals surface area contributed by atoms with Crippen LogP contribution in [0, 0.1) is 0 Å². The highest BCUT2D eigenvalue weighted by atomic mass is 15.0. The standard InChI is InChI=1S/C7H8N4.2C2H6/c1-11-3-2-5-6(8)9-4-10-7(5)11;2*1-2/h2-4H,1H3,(H2,8,9,10);2*1-2H3. The van der Waals surface area contributed by atoms with Crippen LogP contribution in [0.3, 0.4) is 0 Å². The predicted octanol–water partition coefficient (Wildman–Crippen LogP) is 2.60. The number of hydrogen-bond acceptors (Lipinski definition) is 3. The van der Waals surface area contributed by atoms with Crippen LogP contribution in [0.4, 0.5) is 5.82 Å². The maximum absolute atomic E-state index is 5.61. The van der Waals surface area contributed by atoms with Gasteiger partial charge in [0.1, 0.15) is 17.8 Å². The smallest absolute Gasteiger partial charge is 0.145 e. The average molecular weight is 208 g/mol. The Hall–Kier alpha value is -1.58. The van der Waals surface area contributed by atoms with Gasteiger partial charge in [-0.3, -0.25) is 0 Å². The first-order valence-corrected chi connectivity index (χ1v) is 5.30. The van der Waals surface area contributed by atoms with Gasteiger partial charge in [-0.15, -0.1) is 0 Å². The van der Waals surface area contributed by atoms with E-state index >= 15 is 0 Å². The van der Waals surface area contributed by atoms with Crippen molar-refractivity contribution in [2.75, 3.05) is 5.73 Å². The van der Waals surface area contributed by atoms with E-state index in [2.05, 4.69) is 9.97 Å². The van der Waals surface area contributed by atoms with Gasteiger partial charge in [-0.05, 0) is 6.07 Å². The topological polar surface area (TPSA) is 56.7 Å². The molecule has 4 heteroatoms. The fraction of sp³-hybridized carbons (Fsp3) is 0.455. The highest BCUT2D eigenvalue weighted by Gasteiger charge is 2.01. The van der Waals surface area contributed by atoms with E-state index in [9.17, 15) is 0 Å². The maximum atomic E-state index is 5.61. The third-order valence-corrected chi connectivity index (χ3v) is 1.69. The number of aryl methyl sites for hydroxylation is 1. The second-order valence-corrected chi connectivity index (χ2v) is 2.42. The molecule has 0 radical (unpaired) electrons. The molecule has 4 nitrogen and oxygen atoms in total. The zero-order valence-electron chi connectivity index (χ0n) is 10.2. The van der Waals surface area contributed by atoms with Gasteiger partial charge in [-0.2, -0.15) is 0 Å². The molecule has 0 amide bonds. The van der Waals surface area contributed by atoms with E-state index in [-0.39, 0.29) is 0 Å². The predicted molar refractivity (Wildman–Crippen MR) is 65.6 cm³/mol. The second kappa shape index (κ2) is 6.81. The molecule has 2 heterocycles. The van der Waals surface area contributed by atoms with Crippen molar-refractivity contribution in [2.45, 2.75) is 27.7 Å². The fourth-order valence-corrected chi connectivity index (χ4v) is 1.10. The molecule has 2 aromatic heterocycles. The van der Waals surface area contributed by atoms with Crippen LogP contribution in [0.15, 0.2) is 18.6 Å². The van der Waals surface area contributed by atoms with Crippen LogP contribution in [-0.4, -0.2) is 14.5 Å². The largest absolute Gasteiger partial charge is 0.383 e. The van der Waals surface area contributed by atoms with Crippen LogP contribution >= 0.6 is 0 Å². The molecule has 0 bridgehead atoms. The summed E-state index contributed by atoms with van der Waals surface area (Å²) in [6.45, 7) is 8.00. The lowest BCUT2D eigenvalue weighted by molar-refractivity contribution is 0.944. The van der Waals surface area contributed by atoms with E-state index < -0.39 is 0 Å². The molecule has 0 aromatic carbocycles. The first kappa shape index (κ1) is 13.4. The minimum Gasteiger partial charge on any atom is -0.383 e. The Labute approximate surface area is 91.1 Å². The van der Waals surface area contributed by atoms with Gasteiger partial charge in [0, 0.05) is 13.2 Å². The highest BCUT2D eigenvalue weighted by Crippen LogP contribution is 2.15. The zero-order valence-corrected chi connectivity index (χ0v) is 10.2. The van der Waals surface area contributed by atoms with E-state index in [1.807, 2.05) is 51.6 Å². The number of nitrogens with two attached hydrogens (primary N) is 1. The van der Waals surface area contributed by atoms with E-state index in [0.29, 0.717) is 5.82 Å². The average Bonchev–Trinajstić information content (AvgIpc) is 2.68. The quantitative estimate of drug-likeness (QED) is 0.724. The molecule has 0 aliphatic rings. The molecule has 0 aliphatic heterocycles. The van der Waals surface area contributed by atoms with Gasteiger partial charge in [0.25, 0.3) is 0 Å². The van der Waals surface area contributed by atoms with E-state index in [0.717, 1.165) is 11.0 Å². The maximum Gasteiger partial charge on any atom is 0.145 e. The van der Waals surface area contributed by atoms with Crippen molar-refractivity contribution in [3.8, 4) is 0 Å². The Kier molecular flexibility index (Phi) is 6.09. The summed E-state index contributed by atoms with van der Waals surface area (Å²) >= 11 is 0. The Balaban J connectivity index is 0.000000442. The number of anilines is 1. The lowest BCUT2D eigenvalue weighted by Crippen LogP contribution is -1.93. The second-order valence-electron chi connectivity index (χ2n) is 2.42. The van der Waals surface area contributed by atoms with Crippen molar-refractivity contribution >= 4 is 16.9 Å². The van der Waals surface area contributed by atoms with Crippen molar-refractivity contribution in [1.82, 2.24) is 14.5 Å². The van der Waals surface area contributed by atoms with Crippen LogP contribution in [0.25, 0.3) is 11.0 Å². The molecular formula is C11H20N4. The van der Waals surface area contributed by atoms with Gasteiger partial charge in [0.15, 0.2) is 0 Å². The number of rotatable bonds is 0. The van der Waals surface area contributed by atoms with Crippen molar-refractivity contribution < 1.29 is 0 Å². The summed E-state index contributed by atoms with van der Waals surface area (Å²) in [5.41, 5.74) is 6.48. The van der Waals surface area contributed by atoms with E-state index in [1.165, 1.54) is 6.33 Å². The van der Waals surface area contributed by atoms with Gasteiger partial charge >= 0.3 is 0 Å².